The topological polar surface area (TPSA) is 78.0 Å². The number of carbonyl (C=O) groups is 1. The van der Waals surface area contributed by atoms with E-state index in [9.17, 15) is 23.1 Å². The van der Waals surface area contributed by atoms with Gasteiger partial charge in [0, 0.05) is 11.6 Å². The van der Waals surface area contributed by atoms with Gasteiger partial charge in [-0.05, 0) is 17.7 Å². The number of H-pyrrole nitrogens is 1. The number of aromatic nitrogens is 2. The van der Waals surface area contributed by atoms with Crippen LogP contribution in [0.25, 0.3) is 22.4 Å². The zero-order chi connectivity index (χ0) is 17.3. The Bertz CT molecular complexity index is 886. The number of aromatic amines is 1. The van der Waals surface area contributed by atoms with Crippen LogP contribution < -0.4 is 9.84 Å². The van der Waals surface area contributed by atoms with Crippen molar-refractivity contribution in [2.45, 2.75) is 6.18 Å². The van der Waals surface area contributed by atoms with Gasteiger partial charge in [-0.2, -0.15) is 13.2 Å². The van der Waals surface area contributed by atoms with E-state index in [1.165, 1.54) is 30.3 Å². The van der Waals surface area contributed by atoms with Gasteiger partial charge in [0.2, 0.25) is 0 Å². The molecule has 0 saturated carbocycles. The van der Waals surface area contributed by atoms with Gasteiger partial charge in [0.15, 0.2) is 6.61 Å². The van der Waals surface area contributed by atoms with Crippen LogP contribution in [0.4, 0.5) is 13.2 Å². The Morgan fingerprint density at radius 1 is 1.17 bits per heavy atom. The third-order valence-electron chi connectivity index (χ3n) is 3.25. The number of imidazole rings is 1. The van der Waals surface area contributed by atoms with Crippen molar-refractivity contribution in [2.24, 2.45) is 0 Å². The molecule has 24 heavy (non-hydrogen) atoms. The lowest BCUT2D eigenvalue weighted by atomic mass is 10.1. The summed E-state index contributed by atoms with van der Waals surface area (Å²) in [4.78, 5) is 18.0. The first-order valence-electron chi connectivity index (χ1n) is 6.83. The van der Waals surface area contributed by atoms with Gasteiger partial charge in [-0.15, -0.1) is 0 Å². The minimum absolute atomic E-state index is 0.0395. The number of alkyl halides is 3. The van der Waals surface area contributed by atoms with Crippen LogP contribution in [0.5, 0.6) is 5.75 Å². The molecule has 0 atom stereocenters. The second-order valence-corrected chi connectivity index (χ2v) is 5.03. The van der Waals surface area contributed by atoms with Crippen molar-refractivity contribution in [2.75, 3.05) is 6.61 Å². The number of nitrogens with one attached hydrogen (secondary N) is 1. The third-order valence-corrected chi connectivity index (χ3v) is 3.25. The van der Waals surface area contributed by atoms with E-state index in [4.69, 9.17) is 4.74 Å². The lowest BCUT2D eigenvalue weighted by Crippen LogP contribution is -2.21. The van der Waals surface area contributed by atoms with Gasteiger partial charge in [0.05, 0.1) is 17.0 Å². The van der Waals surface area contributed by atoms with Crippen LogP contribution in [-0.2, 0) is 0 Å². The number of halogens is 3. The molecule has 0 bridgehead atoms. The van der Waals surface area contributed by atoms with E-state index >= 15 is 0 Å². The number of rotatable bonds is 4. The molecule has 1 heterocycles. The Labute approximate surface area is 133 Å². The van der Waals surface area contributed by atoms with Crippen molar-refractivity contribution < 1.29 is 27.8 Å². The van der Waals surface area contributed by atoms with Crippen molar-refractivity contribution in [1.29, 1.82) is 0 Å². The first kappa shape index (κ1) is 15.9. The molecule has 0 amide bonds. The molecule has 3 rings (SSSR count). The lowest BCUT2D eigenvalue weighted by Gasteiger charge is -2.08. The predicted molar refractivity (Wildman–Crippen MR) is 77.4 cm³/mol. The molecule has 0 unspecified atom stereocenters. The summed E-state index contributed by atoms with van der Waals surface area (Å²) in [5.74, 6) is -0.747. The summed E-state index contributed by atoms with van der Waals surface area (Å²) in [6, 6.07) is 10.3. The van der Waals surface area contributed by atoms with Gasteiger partial charge in [0.1, 0.15) is 11.6 Å². The largest absolute Gasteiger partial charge is 0.545 e. The first-order chi connectivity index (χ1) is 11.3. The number of hydrogen-bond acceptors (Lipinski definition) is 4. The summed E-state index contributed by atoms with van der Waals surface area (Å²) in [5.41, 5.74) is 1.73. The number of ether oxygens (including phenoxy) is 1. The number of carboxylic acid groups (broad SMARTS) is 1. The zero-order valence-corrected chi connectivity index (χ0v) is 12.1. The van der Waals surface area contributed by atoms with Crippen LogP contribution in [-0.4, -0.2) is 28.7 Å². The molecule has 0 aliphatic carbocycles. The number of aromatic carboxylic acids is 1. The fourth-order valence-electron chi connectivity index (χ4n) is 2.14. The minimum Gasteiger partial charge on any atom is -0.545 e. The molecule has 0 fully saturated rings. The molecule has 3 aromatic rings. The maximum atomic E-state index is 12.2. The summed E-state index contributed by atoms with van der Waals surface area (Å²) in [6.45, 7) is -1.37. The smallest absolute Gasteiger partial charge is 0.422 e. The molecule has 0 aliphatic heterocycles. The average molecular weight is 335 g/mol. The van der Waals surface area contributed by atoms with Gasteiger partial charge in [-0.3, -0.25) is 0 Å². The Morgan fingerprint density at radius 3 is 2.50 bits per heavy atom. The molecule has 124 valence electrons. The molecule has 1 N–H and O–H groups in total. The molecule has 0 saturated heterocycles. The highest BCUT2D eigenvalue weighted by Gasteiger charge is 2.28. The van der Waals surface area contributed by atoms with Crippen LogP contribution in [0, 0.1) is 0 Å². The Hall–Kier alpha value is -3.03. The quantitative estimate of drug-likeness (QED) is 0.795. The summed E-state index contributed by atoms with van der Waals surface area (Å²) in [5, 5.41) is 10.7. The predicted octanol–water partition coefficient (Wildman–Crippen LogP) is 2.53. The molecule has 0 spiro atoms. The van der Waals surface area contributed by atoms with Crippen LogP contribution >= 0.6 is 0 Å². The van der Waals surface area contributed by atoms with E-state index in [0.29, 0.717) is 22.4 Å². The average Bonchev–Trinajstić information content (AvgIpc) is 2.95. The summed E-state index contributed by atoms with van der Waals surface area (Å²) in [7, 11) is 0. The Morgan fingerprint density at radius 2 is 1.88 bits per heavy atom. The van der Waals surface area contributed by atoms with E-state index < -0.39 is 18.8 Å². The number of benzene rings is 2. The molecule has 1 aromatic heterocycles. The van der Waals surface area contributed by atoms with Gasteiger partial charge < -0.3 is 19.6 Å². The van der Waals surface area contributed by atoms with Crippen molar-refractivity contribution >= 4 is 17.0 Å². The monoisotopic (exact) mass is 335 g/mol. The van der Waals surface area contributed by atoms with Crippen LogP contribution in [0.1, 0.15) is 10.4 Å². The molecule has 2 aromatic carbocycles. The summed E-state index contributed by atoms with van der Waals surface area (Å²) in [6.07, 6.45) is -4.41. The van der Waals surface area contributed by atoms with Gasteiger partial charge in [-0.25, -0.2) is 4.98 Å². The normalized spacial score (nSPS) is 11.6. The molecule has 5 nitrogen and oxygen atoms in total. The second-order valence-electron chi connectivity index (χ2n) is 5.03. The molecular weight excluding hydrogens is 325 g/mol. The molecule has 0 aliphatic rings. The third kappa shape index (κ3) is 3.48. The Kier molecular flexibility index (Phi) is 3.88. The number of hydrogen-bond donors (Lipinski definition) is 1. The van der Waals surface area contributed by atoms with Crippen molar-refractivity contribution in [3.63, 3.8) is 0 Å². The summed E-state index contributed by atoms with van der Waals surface area (Å²) < 4.78 is 41.2. The van der Waals surface area contributed by atoms with E-state index in [0.717, 1.165) is 0 Å². The first-order valence-corrected chi connectivity index (χ1v) is 6.83. The van der Waals surface area contributed by atoms with Crippen molar-refractivity contribution in [3.05, 3.63) is 48.0 Å². The maximum absolute atomic E-state index is 12.2. The number of nitrogens with zero attached hydrogens (tertiary/aromatic N) is 1. The highest BCUT2D eigenvalue weighted by Crippen LogP contribution is 2.25. The van der Waals surface area contributed by atoms with Crippen LogP contribution in [0.15, 0.2) is 42.5 Å². The fourth-order valence-corrected chi connectivity index (χ4v) is 2.14. The highest BCUT2D eigenvalue weighted by molar-refractivity contribution is 5.87. The number of carboxylic acids is 1. The SMILES string of the molecule is O=C([O-])c1ccc(-c2nc3ccc(OCC(F)(F)F)cc3[nH]2)cc1. The zero-order valence-electron chi connectivity index (χ0n) is 12.1. The highest BCUT2D eigenvalue weighted by atomic mass is 19.4. The standard InChI is InChI=1S/C16H11F3N2O3/c17-16(18,19)8-24-11-5-6-12-13(7-11)21-14(20-12)9-1-3-10(4-2-9)15(22)23/h1-7H,8H2,(H,20,21)(H,22,23)/p-1. The van der Waals surface area contributed by atoms with E-state index in [-0.39, 0.29) is 11.3 Å². The molecular formula is C16H10F3N2O3-. The minimum atomic E-state index is -4.41. The molecule has 0 radical (unpaired) electrons. The second kappa shape index (κ2) is 5.88. The fraction of sp³-hybridized carbons (Fsp3) is 0.125. The van der Waals surface area contributed by atoms with Crippen LogP contribution in [0.3, 0.4) is 0 Å². The Balaban J connectivity index is 1.86. The summed E-state index contributed by atoms with van der Waals surface area (Å²) >= 11 is 0. The lowest BCUT2D eigenvalue weighted by molar-refractivity contribution is -0.255. The van der Waals surface area contributed by atoms with E-state index in [1.54, 1.807) is 12.1 Å². The van der Waals surface area contributed by atoms with E-state index in [2.05, 4.69) is 9.97 Å². The molecule has 8 heteroatoms. The maximum Gasteiger partial charge on any atom is 0.422 e. The number of fused-ring (bicyclic) bond motifs is 1. The van der Waals surface area contributed by atoms with Gasteiger partial charge in [0.25, 0.3) is 0 Å². The van der Waals surface area contributed by atoms with Gasteiger partial charge in [-0.1, -0.05) is 24.3 Å². The van der Waals surface area contributed by atoms with E-state index in [1.807, 2.05) is 0 Å². The van der Waals surface area contributed by atoms with Crippen LogP contribution in [0.2, 0.25) is 0 Å². The van der Waals surface area contributed by atoms with Gasteiger partial charge >= 0.3 is 6.18 Å². The number of carbonyl (C=O) groups excluding carboxylic acids is 1. The van der Waals surface area contributed by atoms with Crippen molar-refractivity contribution in [3.8, 4) is 17.1 Å². The van der Waals surface area contributed by atoms with Crippen molar-refractivity contribution in [1.82, 2.24) is 9.97 Å².